The van der Waals surface area contributed by atoms with Gasteiger partial charge in [0.15, 0.2) is 0 Å². The number of benzene rings is 1. The number of nitrogens with one attached hydrogen (secondary N) is 2. The Morgan fingerprint density at radius 3 is 2.74 bits per heavy atom. The zero-order valence-corrected chi connectivity index (χ0v) is 11.9. The summed E-state index contributed by atoms with van der Waals surface area (Å²) >= 11 is 0. The molecule has 2 N–H and O–H groups in total. The molecule has 1 fully saturated rings. The van der Waals surface area contributed by atoms with Crippen molar-refractivity contribution < 1.29 is 9.53 Å². The average molecular weight is 262 g/mol. The van der Waals surface area contributed by atoms with Gasteiger partial charge in [-0.3, -0.25) is 4.79 Å². The van der Waals surface area contributed by atoms with Gasteiger partial charge in [0, 0.05) is 19.0 Å². The second-order valence-corrected chi connectivity index (χ2v) is 5.19. The van der Waals surface area contributed by atoms with Crippen molar-refractivity contribution in [2.75, 3.05) is 19.0 Å². The Kier molecular flexibility index (Phi) is 4.43. The summed E-state index contributed by atoms with van der Waals surface area (Å²) in [4.78, 5) is 11.9. The van der Waals surface area contributed by atoms with Crippen molar-refractivity contribution in [3.8, 4) is 5.75 Å². The van der Waals surface area contributed by atoms with E-state index in [4.69, 9.17) is 4.74 Å². The maximum Gasteiger partial charge on any atom is 0.225 e. The first-order chi connectivity index (χ1) is 9.10. The van der Waals surface area contributed by atoms with E-state index in [1.54, 1.807) is 7.11 Å². The Morgan fingerprint density at radius 1 is 1.37 bits per heavy atom. The van der Waals surface area contributed by atoms with Crippen LogP contribution in [-0.2, 0) is 4.79 Å². The van der Waals surface area contributed by atoms with Gasteiger partial charge in [0.05, 0.1) is 12.8 Å². The van der Waals surface area contributed by atoms with Crippen molar-refractivity contribution in [3.05, 3.63) is 23.3 Å². The average Bonchev–Trinajstić information content (AvgIpc) is 3.16. The zero-order chi connectivity index (χ0) is 13.8. The molecule has 1 aliphatic rings. The molecule has 19 heavy (non-hydrogen) atoms. The lowest BCUT2D eigenvalue weighted by atomic mass is 10.1. The predicted molar refractivity (Wildman–Crippen MR) is 76.7 cm³/mol. The minimum Gasteiger partial charge on any atom is -0.495 e. The Balaban J connectivity index is 1.94. The minimum absolute atomic E-state index is 0.0263. The summed E-state index contributed by atoms with van der Waals surface area (Å²) in [5.41, 5.74) is 2.94. The molecule has 0 aliphatic heterocycles. The molecule has 1 saturated carbocycles. The van der Waals surface area contributed by atoms with Gasteiger partial charge in [-0.25, -0.2) is 0 Å². The molecule has 4 nitrogen and oxygen atoms in total. The smallest absolute Gasteiger partial charge is 0.225 e. The SMILES string of the molecule is COc1cc(C)cc(C)c1NC(=O)CCNC1CC1. The van der Waals surface area contributed by atoms with Crippen LogP contribution in [0.15, 0.2) is 12.1 Å². The van der Waals surface area contributed by atoms with Gasteiger partial charge in [-0.05, 0) is 43.9 Å². The molecule has 0 saturated heterocycles. The van der Waals surface area contributed by atoms with E-state index in [-0.39, 0.29) is 5.91 Å². The monoisotopic (exact) mass is 262 g/mol. The molecular weight excluding hydrogens is 240 g/mol. The molecule has 0 atom stereocenters. The number of anilines is 1. The highest BCUT2D eigenvalue weighted by Crippen LogP contribution is 2.29. The summed E-state index contributed by atoms with van der Waals surface area (Å²) in [5, 5.41) is 6.28. The van der Waals surface area contributed by atoms with Gasteiger partial charge in [-0.1, -0.05) is 6.07 Å². The van der Waals surface area contributed by atoms with E-state index < -0.39 is 0 Å². The molecule has 0 unspecified atom stereocenters. The highest BCUT2D eigenvalue weighted by atomic mass is 16.5. The van der Waals surface area contributed by atoms with Crippen LogP contribution in [0.2, 0.25) is 0 Å². The zero-order valence-electron chi connectivity index (χ0n) is 11.9. The fraction of sp³-hybridized carbons (Fsp3) is 0.533. The van der Waals surface area contributed by atoms with E-state index in [2.05, 4.69) is 10.6 Å². The molecule has 0 spiro atoms. The number of amides is 1. The Morgan fingerprint density at radius 2 is 2.11 bits per heavy atom. The molecule has 1 aromatic rings. The molecule has 0 bridgehead atoms. The van der Waals surface area contributed by atoms with E-state index in [1.807, 2.05) is 26.0 Å². The minimum atomic E-state index is 0.0263. The maximum absolute atomic E-state index is 11.9. The van der Waals surface area contributed by atoms with E-state index in [0.29, 0.717) is 12.5 Å². The highest BCUT2D eigenvalue weighted by molar-refractivity contribution is 5.93. The normalized spacial score (nSPS) is 14.3. The van der Waals surface area contributed by atoms with Crippen LogP contribution in [0.5, 0.6) is 5.75 Å². The van der Waals surface area contributed by atoms with Gasteiger partial charge in [0.1, 0.15) is 5.75 Å². The van der Waals surface area contributed by atoms with Crippen LogP contribution in [-0.4, -0.2) is 25.6 Å². The van der Waals surface area contributed by atoms with Crippen LogP contribution in [0, 0.1) is 13.8 Å². The number of methoxy groups -OCH3 is 1. The largest absolute Gasteiger partial charge is 0.495 e. The lowest BCUT2D eigenvalue weighted by Gasteiger charge is -2.14. The Labute approximate surface area is 114 Å². The molecule has 1 amide bonds. The first-order valence-corrected chi connectivity index (χ1v) is 6.78. The molecular formula is C15H22N2O2. The van der Waals surface area contributed by atoms with Crippen LogP contribution in [0.1, 0.15) is 30.4 Å². The second kappa shape index (κ2) is 6.06. The van der Waals surface area contributed by atoms with E-state index in [0.717, 1.165) is 29.1 Å². The van der Waals surface area contributed by atoms with Crippen molar-refractivity contribution in [1.82, 2.24) is 5.32 Å². The molecule has 0 radical (unpaired) electrons. The van der Waals surface area contributed by atoms with Crippen LogP contribution in [0.3, 0.4) is 0 Å². The van der Waals surface area contributed by atoms with Crippen molar-refractivity contribution in [1.29, 1.82) is 0 Å². The molecule has 0 aromatic heterocycles. The Hall–Kier alpha value is -1.55. The third-order valence-corrected chi connectivity index (χ3v) is 3.29. The predicted octanol–water partition coefficient (Wildman–Crippen LogP) is 2.39. The van der Waals surface area contributed by atoms with Gasteiger partial charge < -0.3 is 15.4 Å². The number of hydrogen-bond donors (Lipinski definition) is 2. The van der Waals surface area contributed by atoms with Crippen LogP contribution >= 0.6 is 0 Å². The van der Waals surface area contributed by atoms with Gasteiger partial charge in [0.2, 0.25) is 5.91 Å². The number of ether oxygens (including phenoxy) is 1. The first kappa shape index (κ1) is 13.9. The topological polar surface area (TPSA) is 50.4 Å². The summed E-state index contributed by atoms with van der Waals surface area (Å²) in [5.74, 6) is 0.749. The molecule has 4 heteroatoms. The molecule has 0 heterocycles. The summed E-state index contributed by atoms with van der Waals surface area (Å²) in [7, 11) is 1.62. The summed E-state index contributed by atoms with van der Waals surface area (Å²) in [6, 6.07) is 4.62. The molecule has 1 aliphatic carbocycles. The highest BCUT2D eigenvalue weighted by Gasteiger charge is 2.20. The number of carbonyl (C=O) groups is 1. The quantitative estimate of drug-likeness (QED) is 0.827. The van der Waals surface area contributed by atoms with Gasteiger partial charge >= 0.3 is 0 Å². The van der Waals surface area contributed by atoms with E-state index in [9.17, 15) is 4.79 Å². The molecule has 1 aromatic carbocycles. The molecule has 2 rings (SSSR count). The standard InChI is InChI=1S/C15H22N2O2/c1-10-8-11(2)15(13(9-10)19-3)17-14(18)6-7-16-12-4-5-12/h8-9,12,16H,4-7H2,1-3H3,(H,17,18). The number of aryl methyl sites for hydroxylation is 2. The van der Waals surface area contributed by atoms with E-state index >= 15 is 0 Å². The van der Waals surface area contributed by atoms with Gasteiger partial charge in [-0.15, -0.1) is 0 Å². The number of hydrogen-bond acceptors (Lipinski definition) is 3. The van der Waals surface area contributed by atoms with Crippen LogP contribution in [0.25, 0.3) is 0 Å². The third-order valence-electron chi connectivity index (χ3n) is 3.29. The lowest BCUT2D eigenvalue weighted by Crippen LogP contribution is -2.23. The maximum atomic E-state index is 11.9. The molecule has 104 valence electrons. The van der Waals surface area contributed by atoms with Crippen molar-refractivity contribution in [2.24, 2.45) is 0 Å². The lowest BCUT2D eigenvalue weighted by molar-refractivity contribution is -0.116. The fourth-order valence-electron chi connectivity index (χ4n) is 2.13. The van der Waals surface area contributed by atoms with Crippen molar-refractivity contribution >= 4 is 11.6 Å². The number of carbonyl (C=O) groups excluding carboxylic acids is 1. The van der Waals surface area contributed by atoms with Crippen LogP contribution in [0.4, 0.5) is 5.69 Å². The van der Waals surface area contributed by atoms with Gasteiger partial charge in [0.25, 0.3) is 0 Å². The summed E-state index contributed by atoms with van der Waals surface area (Å²) < 4.78 is 5.33. The summed E-state index contributed by atoms with van der Waals surface area (Å²) in [6.45, 7) is 4.73. The van der Waals surface area contributed by atoms with Crippen molar-refractivity contribution in [2.45, 2.75) is 39.2 Å². The van der Waals surface area contributed by atoms with E-state index in [1.165, 1.54) is 12.8 Å². The first-order valence-electron chi connectivity index (χ1n) is 6.78. The van der Waals surface area contributed by atoms with Gasteiger partial charge in [-0.2, -0.15) is 0 Å². The second-order valence-electron chi connectivity index (χ2n) is 5.19. The summed E-state index contributed by atoms with van der Waals surface area (Å²) in [6.07, 6.45) is 2.98. The Bertz CT molecular complexity index is 467. The fourth-order valence-corrected chi connectivity index (χ4v) is 2.13. The van der Waals surface area contributed by atoms with Crippen molar-refractivity contribution in [3.63, 3.8) is 0 Å². The van der Waals surface area contributed by atoms with Crippen LogP contribution < -0.4 is 15.4 Å². The number of rotatable bonds is 6. The third kappa shape index (κ3) is 3.96.